The minimum Gasteiger partial charge on any atom is -0.383 e. The SMILES string of the molecule is CCNC(=NCc1ncc(C)s1)NCCCN(C)CCOC.I. The summed E-state index contributed by atoms with van der Waals surface area (Å²) in [5.74, 6) is 0.856. The number of likely N-dealkylation sites (N-methyl/N-ethyl adjacent to an activating group) is 1. The van der Waals surface area contributed by atoms with Crippen LogP contribution >= 0.6 is 35.3 Å². The molecule has 0 saturated carbocycles. The van der Waals surface area contributed by atoms with Gasteiger partial charge < -0.3 is 20.3 Å². The highest BCUT2D eigenvalue weighted by molar-refractivity contribution is 14.0. The molecule has 0 aliphatic carbocycles. The first kappa shape index (κ1) is 22.6. The molecule has 0 spiro atoms. The fourth-order valence-corrected chi connectivity index (χ4v) is 2.59. The highest BCUT2D eigenvalue weighted by Crippen LogP contribution is 2.11. The second kappa shape index (κ2) is 13.9. The van der Waals surface area contributed by atoms with Gasteiger partial charge in [0, 0.05) is 37.8 Å². The Balaban J connectivity index is 0.00000484. The third-order valence-corrected chi connectivity index (χ3v) is 3.97. The molecule has 1 rings (SSSR count). The van der Waals surface area contributed by atoms with Crippen molar-refractivity contribution < 1.29 is 4.74 Å². The minimum atomic E-state index is 0. The van der Waals surface area contributed by atoms with Crippen LogP contribution in [0.15, 0.2) is 11.2 Å². The average molecular weight is 455 g/mol. The molecule has 0 amide bonds. The summed E-state index contributed by atoms with van der Waals surface area (Å²) in [5, 5.41) is 7.68. The fourth-order valence-electron chi connectivity index (χ4n) is 1.88. The summed E-state index contributed by atoms with van der Waals surface area (Å²) in [6.45, 7) is 9.31. The molecule has 8 heteroatoms. The van der Waals surface area contributed by atoms with E-state index in [1.807, 2.05) is 6.20 Å². The molecule has 0 aromatic carbocycles. The van der Waals surface area contributed by atoms with E-state index in [0.29, 0.717) is 6.54 Å². The van der Waals surface area contributed by atoms with Gasteiger partial charge >= 0.3 is 0 Å². The Bertz CT molecular complexity index is 441. The molecule has 1 aromatic heterocycles. The number of nitrogens with zero attached hydrogens (tertiary/aromatic N) is 3. The van der Waals surface area contributed by atoms with Gasteiger partial charge in [0.1, 0.15) is 5.01 Å². The number of thiazole rings is 1. The Morgan fingerprint density at radius 3 is 2.78 bits per heavy atom. The summed E-state index contributed by atoms with van der Waals surface area (Å²) in [6.07, 6.45) is 2.96. The number of guanidine groups is 1. The Morgan fingerprint density at radius 1 is 1.39 bits per heavy atom. The standard InChI is InChI=1S/C15H29N5OS.HI/c1-5-16-15(19-12-14-18-11-13(2)22-14)17-7-6-8-20(3)9-10-21-4;/h11H,5-10,12H2,1-4H3,(H2,16,17,19);1H. The van der Waals surface area contributed by atoms with Crippen LogP contribution in [0.3, 0.4) is 0 Å². The third kappa shape index (κ3) is 10.9. The molecule has 6 nitrogen and oxygen atoms in total. The van der Waals surface area contributed by atoms with Crippen molar-refractivity contribution in [3.05, 3.63) is 16.1 Å². The normalized spacial score (nSPS) is 11.4. The van der Waals surface area contributed by atoms with Crippen LogP contribution < -0.4 is 10.6 Å². The molecule has 0 saturated heterocycles. The van der Waals surface area contributed by atoms with Crippen molar-refractivity contribution in [2.24, 2.45) is 4.99 Å². The largest absolute Gasteiger partial charge is 0.383 e. The van der Waals surface area contributed by atoms with Crippen LogP contribution in [0.5, 0.6) is 0 Å². The van der Waals surface area contributed by atoms with E-state index in [2.05, 4.69) is 46.4 Å². The van der Waals surface area contributed by atoms with Gasteiger partial charge in [0.25, 0.3) is 0 Å². The summed E-state index contributed by atoms with van der Waals surface area (Å²) in [6, 6.07) is 0. The first-order valence-electron chi connectivity index (χ1n) is 7.76. The predicted octanol–water partition coefficient (Wildman–Crippen LogP) is 2.09. The molecule has 0 unspecified atom stereocenters. The highest BCUT2D eigenvalue weighted by atomic mass is 127. The maximum absolute atomic E-state index is 5.07. The van der Waals surface area contributed by atoms with Gasteiger partial charge in [0.05, 0.1) is 13.2 Å². The van der Waals surface area contributed by atoms with Crippen LogP contribution in [-0.4, -0.2) is 62.8 Å². The lowest BCUT2D eigenvalue weighted by molar-refractivity contribution is 0.161. The van der Waals surface area contributed by atoms with Crippen molar-refractivity contribution in [2.45, 2.75) is 26.8 Å². The zero-order chi connectivity index (χ0) is 16.2. The molecule has 0 atom stereocenters. The average Bonchev–Trinajstić information content (AvgIpc) is 2.92. The monoisotopic (exact) mass is 455 g/mol. The second-order valence-electron chi connectivity index (χ2n) is 5.14. The van der Waals surface area contributed by atoms with E-state index in [4.69, 9.17) is 4.74 Å². The van der Waals surface area contributed by atoms with Gasteiger partial charge in [0.15, 0.2) is 5.96 Å². The van der Waals surface area contributed by atoms with E-state index >= 15 is 0 Å². The molecule has 134 valence electrons. The lowest BCUT2D eigenvalue weighted by Gasteiger charge is -2.16. The van der Waals surface area contributed by atoms with Crippen LogP contribution in [0, 0.1) is 6.92 Å². The maximum Gasteiger partial charge on any atom is 0.191 e. The quantitative estimate of drug-likeness (QED) is 0.245. The smallest absolute Gasteiger partial charge is 0.191 e. The second-order valence-corrected chi connectivity index (χ2v) is 6.46. The number of halogens is 1. The Kier molecular flexibility index (Phi) is 13.7. The minimum absolute atomic E-state index is 0. The molecule has 2 N–H and O–H groups in total. The van der Waals surface area contributed by atoms with E-state index in [9.17, 15) is 0 Å². The van der Waals surface area contributed by atoms with Gasteiger partial charge in [-0.2, -0.15) is 0 Å². The van der Waals surface area contributed by atoms with Crippen LogP contribution in [0.1, 0.15) is 23.2 Å². The molecule has 0 radical (unpaired) electrons. The van der Waals surface area contributed by atoms with Gasteiger partial charge in [-0.1, -0.05) is 0 Å². The van der Waals surface area contributed by atoms with Crippen molar-refractivity contribution in [3.63, 3.8) is 0 Å². The van der Waals surface area contributed by atoms with Crippen molar-refractivity contribution in [1.82, 2.24) is 20.5 Å². The van der Waals surface area contributed by atoms with E-state index in [1.54, 1.807) is 18.4 Å². The topological polar surface area (TPSA) is 61.8 Å². The number of hydrogen-bond acceptors (Lipinski definition) is 5. The first-order chi connectivity index (χ1) is 10.7. The molecular weight excluding hydrogens is 425 g/mol. The maximum atomic E-state index is 5.07. The van der Waals surface area contributed by atoms with Crippen LogP contribution in [0.4, 0.5) is 0 Å². The van der Waals surface area contributed by atoms with E-state index in [1.165, 1.54) is 4.88 Å². The number of aryl methyl sites for hydroxylation is 1. The van der Waals surface area contributed by atoms with Gasteiger partial charge in [-0.25, -0.2) is 9.98 Å². The van der Waals surface area contributed by atoms with Crippen molar-refractivity contribution in [3.8, 4) is 0 Å². The summed E-state index contributed by atoms with van der Waals surface area (Å²) in [5.41, 5.74) is 0. The van der Waals surface area contributed by atoms with Gasteiger partial charge in [-0.15, -0.1) is 35.3 Å². The zero-order valence-corrected chi connectivity index (χ0v) is 17.7. The molecule has 0 aliphatic heterocycles. The molecule has 0 aliphatic rings. The Hall–Kier alpha value is -0.450. The molecular formula is C15H30IN5OS. The number of ether oxygens (including phenoxy) is 1. The van der Waals surface area contributed by atoms with Crippen molar-refractivity contribution in [1.29, 1.82) is 0 Å². The number of aliphatic imine (C=N–C) groups is 1. The molecule has 1 heterocycles. The summed E-state index contributed by atoms with van der Waals surface area (Å²) in [7, 11) is 3.85. The van der Waals surface area contributed by atoms with Gasteiger partial charge in [-0.3, -0.25) is 0 Å². The fraction of sp³-hybridized carbons (Fsp3) is 0.733. The Labute approximate surface area is 161 Å². The van der Waals surface area contributed by atoms with E-state index < -0.39 is 0 Å². The number of methoxy groups -OCH3 is 1. The number of rotatable bonds is 10. The molecule has 23 heavy (non-hydrogen) atoms. The highest BCUT2D eigenvalue weighted by Gasteiger charge is 2.01. The summed E-state index contributed by atoms with van der Waals surface area (Å²) >= 11 is 1.70. The number of nitrogens with one attached hydrogen (secondary N) is 2. The zero-order valence-electron chi connectivity index (χ0n) is 14.6. The number of hydrogen-bond donors (Lipinski definition) is 2. The van der Waals surface area contributed by atoms with Crippen LogP contribution in [0.25, 0.3) is 0 Å². The van der Waals surface area contributed by atoms with Crippen molar-refractivity contribution >= 4 is 41.3 Å². The molecule has 1 aromatic rings. The lowest BCUT2D eigenvalue weighted by atomic mass is 10.4. The molecule has 0 fully saturated rings. The first-order valence-corrected chi connectivity index (χ1v) is 8.58. The number of aromatic nitrogens is 1. The summed E-state index contributed by atoms with van der Waals surface area (Å²) < 4.78 is 5.07. The van der Waals surface area contributed by atoms with Gasteiger partial charge in [-0.05, 0) is 33.9 Å². The predicted molar refractivity (Wildman–Crippen MR) is 109 cm³/mol. The lowest BCUT2D eigenvalue weighted by Crippen LogP contribution is -2.38. The van der Waals surface area contributed by atoms with Crippen LogP contribution in [-0.2, 0) is 11.3 Å². The third-order valence-electron chi connectivity index (χ3n) is 3.07. The van der Waals surface area contributed by atoms with Crippen LogP contribution in [0.2, 0.25) is 0 Å². The van der Waals surface area contributed by atoms with E-state index in [0.717, 1.165) is 50.2 Å². The Morgan fingerprint density at radius 2 is 2.17 bits per heavy atom. The summed E-state index contributed by atoms with van der Waals surface area (Å²) in [4.78, 5) is 12.4. The van der Waals surface area contributed by atoms with Gasteiger partial charge in [0.2, 0.25) is 0 Å². The van der Waals surface area contributed by atoms with Crippen molar-refractivity contribution in [2.75, 3.05) is 46.9 Å². The van der Waals surface area contributed by atoms with E-state index in [-0.39, 0.29) is 24.0 Å². The molecule has 0 bridgehead atoms.